The fraction of sp³-hybridized carbons (Fsp3) is 0.500. The number of hydrogen-bond acceptors (Lipinski definition) is 3. The number of para-hydroxylation sites is 1. The molecule has 0 amide bonds. The van der Waals surface area contributed by atoms with Crippen LogP contribution in [0.1, 0.15) is 30.7 Å². The van der Waals surface area contributed by atoms with Crippen LogP contribution in [-0.4, -0.2) is 25.1 Å². The van der Waals surface area contributed by atoms with Gasteiger partial charge < -0.3 is 9.47 Å². The van der Waals surface area contributed by atoms with E-state index in [1.807, 2.05) is 24.3 Å². The SMILES string of the molecule is O=C(C1CCCO1)C1CCOc2ccccc21. The van der Waals surface area contributed by atoms with Gasteiger partial charge in [0.15, 0.2) is 5.78 Å². The number of hydrogen-bond donors (Lipinski definition) is 0. The van der Waals surface area contributed by atoms with Crippen molar-refractivity contribution in [1.29, 1.82) is 0 Å². The van der Waals surface area contributed by atoms with Gasteiger partial charge in [0, 0.05) is 12.2 Å². The highest BCUT2D eigenvalue weighted by atomic mass is 16.5. The average Bonchev–Trinajstić information content (AvgIpc) is 2.91. The minimum Gasteiger partial charge on any atom is -0.493 e. The van der Waals surface area contributed by atoms with E-state index >= 15 is 0 Å². The first-order valence-electron chi connectivity index (χ1n) is 6.23. The Balaban J connectivity index is 1.86. The van der Waals surface area contributed by atoms with Crippen molar-refractivity contribution >= 4 is 5.78 Å². The average molecular weight is 232 g/mol. The van der Waals surface area contributed by atoms with Crippen LogP contribution in [0.2, 0.25) is 0 Å². The summed E-state index contributed by atoms with van der Waals surface area (Å²) in [5, 5.41) is 0. The molecule has 0 bridgehead atoms. The van der Waals surface area contributed by atoms with Crippen molar-refractivity contribution in [3.05, 3.63) is 29.8 Å². The first-order valence-corrected chi connectivity index (χ1v) is 6.23. The fourth-order valence-corrected chi connectivity index (χ4v) is 2.66. The Hall–Kier alpha value is -1.35. The Morgan fingerprint density at radius 3 is 2.88 bits per heavy atom. The van der Waals surface area contributed by atoms with Gasteiger partial charge in [-0.2, -0.15) is 0 Å². The van der Waals surface area contributed by atoms with E-state index in [1.165, 1.54) is 0 Å². The Bertz CT molecular complexity index is 421. The zero-order valence-corrected chi connectivity index (χ0v) is 9.72. The second-order valence-corrected chi connectivity index (χ2v) is 4.63. The molecule has 0 saturated carbocycles. The number of ketones is 1. The van der Waals surface area contributed by atoms with Gasteiger partial charge in [0.1, 0.15) is 11.9 Å². The van der Waals surface area contributed by atoms with Crippen LogP contribution in [0.25, 0.3) is 0 Å². The summed E-state index contributed by atoms with van der Waals surface area (Å²) in [6.45, 7) is 1.35. The van der Waals surface area contributed by atoms with Gasteiger partial charge in [0.25, 0.3) is 0 Å². The van der Waals surface area contributed by atoms with Gasteiger partial charge >= 0.3 is 0 Å². The van der Waals surface area contributed by atoms with Crippen molar-refractivity contribution in [1.82, 2.24) is 0 Å². The molecule has 17 heavy (non-hydrogen) atoms. The van der Waals surface area contributed by atoms with Gasteiger partial charge in [-0.25, -0.2) is 0 Å². The lowest BCUT2D eigenvalue weighted by molar-refractivity contribution is -0.130. The summed E-state index contributed by atoms with van der Waals surface area (Å²) < 4.78 is 11.1. The zero-order valence-electron chi connectivity index (χ0n) is 9.72. The van der Waals surface area contributed by atoms with E-state index in [0.717, 1.165) is 37.2 Å². The monoisotopic (exact) mass is 232 g/mol. The minimum absolute atomic E-state index is 0.0388. The molecule has 0 aromatic heterocycles. The molecule has 3 nitrogen and oxygen atoms in total. The number of rotatable bonds is 2. The predicted octanol–water partition coefficient (Wildman–Crippen LogP) is 2.30. The number of carbonyl (C=O) groups is 1. The predicted molar refractivity (Wildman–Crippen MR) is 63.3 cm³/mol. The first-order chi connectivity index (χ1) is 8.36. The van der Waals surface area contributed by atoms with Gasteiger partial charge in [-0.05, 0) is 25.3 Å². The third-order valence-corrected chi connectivity index (χ3v) is 3.55. The van der Waals surface area contributed by atoms with Gasteiger partial charge in [-0.15, -0.1) is 0 Å². The molecule has 1 aromatic carbocycles. The summed E-state index contributed by atoms with van der Waals surface area (Å²) in [6, 6.07) is 7.83. The number of Topliss-reactive ketones (excluding diaryl/α,β-unsaturated/α-hetero) is 1. The zero-order chi connectivity index (χ0) is 11.7. The van der Waals surface area contributed by atoms with E-state index in [4.69, 9.17) is 9.47 Å². The number of fused-ring (bicyclic) bond motifs is 1. The molecule has 2 aliphatic heterocycles. The minimum atomic E-state index is -0.189. The van der Waals surface area contributed by atoms with E-state index in [2.05, 4.69) is 0 Å². The van der Waals surface area contributed by atoms with E-state index < -0.39 is 0 Å². The Morgan fingerprint density at radius 1 is 1.18 bits per heavy atom. The van der Waals surface area contributed by atoms with E-state index in [9.17, 15) is 4.79 Å². The molecule has 3 heteroatoms. The molecule has 0 aliphatic carbocycles. The molecule has 1 aromatic rings. The third-order valence-electron chi connectivity index (χ3n) is 3.55. The molecular weight excluding hydrogens is 216 g/mol. The molecule has 2 heterocycles. The van der Waals surface area contributed by atoms with Crippen LogP contribution in [-0.2, 0) is 9.53 Å². The highest BCUT2D eigenvalue weighted by Gasteiger charge is 2.34. The molecule has 2 atom stereocenters. The van der Waals surface area contributed by atoms with E-state index in [0.29, 0.717) is 6.61 Å². The molecular formula is C14H16O3. The summed E-state index contributed by atoms with van der Waals surface area (Å²) in [7, 11) is 0. The van der Waals surface area contributed by atoms with Crippen molar-refractivity contribution in [2.45, 2.75) is 31.3 Å². The second-order valence-electron chi connectivity index (χ2n) is 4.63. The van der Waals surface area contributed by atoms with Crippen LogP contribution >= 0.6 is 0 Å². The maximum Gasteiger partial charge on any atom is 0.169 e. The van der Waals surface area contributed by atoms with Gasteiger partial charge in [-0.1, -0.05) is 18.2 Å². The summed E-state index contributed by atoms with van der Waals surface area (Å²) in [6.07, 6.45) is 2.46. The lowest BCUT2D eigenvalue weighted by Gasteiger charge is -2.26. The first kappa shape index (κ1) is 10.8. The Labute approximate surface area is 101 Å². The summed E-state index contributed by atoms with van der Waals surface area (Å²) in [5.74, 6) is 1.05. The number of carbonyl (C=O) groups excluding carboxylic acids is 1. The largest absolute Gasteiger partial charge is 0.493 e. The van der Waals surface area contributed by atoms with Crippen LogP contribution in [0.5, 0.6) is 5.75 Å². The van der Waals surface area contributed by atoms with Crippen LogP contribution in [0.4, 0.5) is 0 Å². The van der Waals surface area contributed by atoms with Crippen LogP contribution in [0.3, 0.4) is 0 Å². The quantitative estimate of drug-likeness (QED) is 0.785. The summed E-state index contributed by atoms with van der Waals surface area (Å²) in [5.41, 5.74) is 1.03. The summed E-state index contributed by atoms with van der Waals surface area (Å²) >= 11 is 0. The Morgan fingerprint density at radius 2 is 2.06 bits per heavy atom. The molecule has 90 valence electrons. The van der Waals surface area contributed by atoms with Crippen molar-refractivity contribution in [2.75, 3.05) is 13.2 Å². The van der Waals surface area contributed by atoms with E-state index in [1.54, 1.807) is 0 Å². The standard InChI is InChI=1S/C14H16O3/c15-14(13-6-3-8-16-13)11-7-9-17-12-5-2-1-4-10(11)12/h1-2,4-5,11,13H,3,6-9H2. The van der Waals surface area contributed by atoms with Gasteiger partial charge in [0.2, 0.25) is 0 Å². The van der Waals surface area contributed by atoms with Crippen LogP contribution < -0.4 is 4.74 Å². The van der Waals surface area contributed by atoms with Crippen LogP contribution in [0.15, 0.2) is 24.3 Å². The molecule has 0 N–H and O–H groups in total. The topological polar surface area (TPSA) is 35.5 Å². The van der Waals surface area contributed by atoms with Crippen LogP contribution in [0, 0.1) is 0 Å². The highest BCUT2D eigenvalue weighted by molar-refractivity contribution is 5.90. The molecule has 0 spiro atoms. The van der Waals surface area contributed by atoms with Crippen molar-refractivity contribution in [3.63, 3.8) is 0 Å². The van der Waals surface area contributed by atoms with E-state index in [-0.39, 0.29) is 17.8 Å². The van der Waals surface area contributed by atoms with Crippen molar-refractivity contribution in [3.8, 4) is 5.75 Å². The highest BCUT2D eigenvalue weighted by Crippen LogP contribution is 2.35. The molecule has 1 saturated heterocycles. The molecule has 2 aliphatic rings. The van der Waals surface area contributed by atoms with Gasteiger partial charge in [-0.3, -0.25) is 4.79 Å². The summed E-state index contributed by atoms with van der Waals surface area (Å²) in [4.78, 5) is 12.4. The Kier molecular flexibility index (Phi) is 2.85. The maximum absolute atomic E-state index is 12.4. The number of ether oxygens (including phenoxy) is 2. The second kappa shape index (κ2) is 4.49. The molecule has 0 radical (unpaired) electrons. The maximum atomic E-state index is 12.4. The lowest BCUT2D eigenvalue weighted by Crippen LogP contribution is -2.29. The smallest absolute Gasteiger partial charge is 0.169 e. The fourth-order valence-electron chi connectivity index (χ4n) is 2.66. The third kappa shape index (κ3) is 1.95. The van der Waals surface area contributed by atoms with Gasteiger partial charge in [0.05, 0.1) is 12.5 Å². The molecule has 2 unspecified atom stereocenters. The molecule has 3 rings (SSSR count). The number of benzene rings is 1. The van der Waals surface area contributed by atoms with Crippen molar-refractivity contribution in [2.24, 2.45) is 0 Å². The molecule has 1 fully saturated rings. The normalized spacial score (nSPS) is 27.3. The van der Waals surface area contributed by atoms with Crippen molar-refractivity contribution < 1.29 is 14.3 Å². The lowest BCUT2D eigenvalue weighted by atomic mass is 9.86.